The molecule has 1 unspecified atom stereocenters. The topological polar surface area (TPSA) is 137 Å². The van der Waals surface area contributed by atoms with E-state index in [0.717, 1.165) is 16.8 Å². The van der Waals surface area contributed by atoms with Gasteiger partial charge in [0.15, 0.2) is 29.3 Å². The van der Waals surface area contributed by atoms with Crippen molar-refractivity contribution in [3.8, 4) is 39.8 Å². The lowest BCUT2D eigenvalue weighted by molar-refractivity contribution is -0.137. The van der Waals surface area contributed by atoms with Gasteiger partial charge in [-0.05, 0) is 36.8 Å². The number of nitrogens with zero attached hydrogens (tertiary/aromatic N) is 5. The Morgan fingerprint density at radius 1 is 1.04 bits per heavy atom. The van der Waals surface area contributed by atoms with Gasteiger partial charge in [0.25, 0.3) is 5.91 Å². The summed E-state index contributed by atoms with van der Waals surface area (Å²) in [6.45, 7) is 1.94. The Hall–Kier alpha value is -4.96. The number of benzene rings is 2. The number of ether oxygens (including phenoxy) is 2. The van der Waals surface area contributed by atoms with Crippen LogP contribution in [0.4, 0.5) is 22.0 Å². The van der Waals surface area contributed by atoms with Crippen molar-refractivity contribution in [2.45, 2.75) is 25.6 Å². The normalized spacial score (nSPS) is 12.4. The van der Waals surface area contributed by atoms with Gasteiger partial charge in [-0.2, -0.15) is 18.3 Å². The molecule has 0 bridgehead atoms. The maximum atomic E-state index is 14.4. The van der Waals surface area contributed by atoms with Gasteiger partial charge in [-0.1, -0.05) is 18.1 Å². The molecule has 1 amide bonds. The first-order valence-corrected chi connectivity index (χ1v) is 14.0. The van der Waals surface area contributed by atoms with Crippen molar-refractivity contribution < 1.29 is 45.8 Å². The second-order valence-electron chi connectivity index (χ2n) is 9.87. The lowest BCUT2D eigenvalue weighted by Gasteiger charge is -2.17. The average molecular weight is 647 g/mol. The van der Waals surface area contributed by atoms with Gasteiger partial charge in [0.05, 0.1) is 49.9 Å². The maximum absolute atomic E-state index is 14.4. The van der Waals surface area contributed by atoms with Gasteiger partial charge in [-0.15, -0.1) is 0 Å². The minimum absolute atomic E-state index is 0.00968. The van der Waals surface area contributed by atoms with E-state index >= 15 is 0 Å². The molecule has 16 heteroatoms. The van der Waals surface area contributed by atoms with Crippen LogP contribution in [0.1, 0.15) is 30.7 Å². The second kappa shape index (κ2) is 14.0. The zero-order valence-corrected chi connectivity index (χ0v) is 24.2. The van der Waals surface area contributed by atoms with Crippen LogP contribution in [0.15, 0.2) is 59.4 Å². The predicted molar refractivity (Wildman–Crippen MR) is 152 cm³/mol. The molecule has 2 aliphatic rings. The van der Waals surface area contributed by atoms with Crippen LogP contribution in [-0.2, 0) is 15.7 Å². The van der Waals surface area contributed by atoms with Crippen LogP contribution >= 0.6 is 0 Å². The fourth-order valence-corrected chi connectivity index (χ4v) is 4.50. The number of aliphatic hydroxyl groups excluding tert-OH is 1. The van der Waals surface area contributed by atoms with Gasteiger partial charge in [-0.25, -0.2) is 18.7 Å². The summed E-state index contributed by atoms with van der Waals surface area (Å²) < 4.78 is 87.5. The molecule has 242 valence electrons. The first-order valence-electron chi connectivity index (χ1n) is 14.0. The number of imidazole rings is 1. The highest BCUT2D eigenvalue weighted by Crippen LogP contribution is 2.40. The predicted octanol–water partition coefficient (Wildman–Crippen LogP) is 4.90. The van der Waals surface area contributed by atoms with E-state index in [2.05, 4.69) is 25.5 Å². The van der Waals surface area contributed by atoms with E-state index in [-0.39, 0.29) is 78.5 Å². The monoisotopic (exact) mass is 646 g/mol. The van der Waals surface area contributed by atoms with Crippen LogP contribution in [0.3, 0.4) is 0 Å². The lowest BCUT2D eigenvalue weighted by Crippen LogP contribution is -2.36. The number of halogens is 5. The van der Waals surface area contributed by atoms with Gasteiger partial charge < -0.3 is 24.4 Å². The molecule has 2 aliphatic heterocycles. The number of aliphatic hydroxyl groups is 1. The van der Waals surface area contributed by atoms with Crippen LogP contribution in [0, 0.1) is 11.6 Å². The average Bonchev–Trinajstić information content (AvgIpc) is 3.68. The first kappa shape index (κ1) is 32.4. The number of hydrogen-bond donors (Lipinski definition) is 2. The highest BCUT2D eigenvalue weighted by atomic mass is 19.4. The van der Waals surface area contributed by atoms with Crippen LogP contribution in [-0.4, -0.2) is 68.9 Å². The molecule has 2 aromatic carbocycles. The minimum Gasteiger partial charge on any atom is -0.494 e. The third kappa shape index (κ3) is 7.13. The molecule has 0 saturated carbocycles. The number of carbonyl (C=O) groups is 1. The van der Waals surface area contributed by atoms with E-state index < -0.39 is 35.3 Å². The zero-order valence-electron chi connectivity index (χ0n) is 24.2. The minimum atomic E-state index is -4.76. The van der Waals surface area contributed by atoms with Gasteiger partial charge in [0.2, 0.25) is 0 Å². The third-order valence-electron chi connectivity index (χ3n) is 6.61. The van der Waals surface area contributed by atoms with E-state index in [1.54, 1.807) is 0 Å². The summed E-state index contributed by atoms with van der Waals surface area (Å²) in [6.07, 6.45) is -1.62. The van der Waals surface area contributed by atoms with Crippen molar-refractivity contribution in [1.29, 1.82) is 0 Å². The molecule has 11 nitrogen and oxygen atoms in total. The Balaban J connectivity index is 1.52. The Kier molecular flexibility index (Phi) is 9.87. The molecule has 0 fully saturated rings. The molecule has 0 radical (unpaired) electrons. The fraction of sp³-hybridized carbons (Fsp3) is 0.300. The standard InChI is InChI=1S/C30H27F5N6O5/c1-2-10-45-17-6-7-18(20(13-17)30(33,34)35)22-14-25(46-40-22)27(29(43)36-8-11-44-12-9-42)41-16-24-23(15-37-41)38-28(39-24)19-4-3-5-21(31)26(19)32/h3-7,13-16,27,42H,2,8-12H2,1H3,(H,36,43). The van der Waals surface area contributed by atoms with Crippen LogP contribution in [0.2, 0.25) is 0 Å². The largest absolute Gasteiger partial charge is 0.494 e. The molecule has 2 N–H and O–H groups in total. The lowest BCUT2D eigenvalue weighted by atomic mass is 10.0. The summed E-state index contributed by atoms with van der Waals surface area (Å²) in [6, 6.07) is 6.78. The summed E-state index contributed by atoms with van der Waals surface area (Å²) in [5, 5.41) is 19.6. The Labute approximate surface area is 258 Å². The van der Waals surface area contributed by atoms with Gasteiger partial charge in [0, 0.05) is 18.2 Å². The SMILES string of the molecule is CCCOc1ccc(-c2cc(C(C(=O)NCCOCCO)n3cc4nc(-c5cccc(F)c5F)nc-4cn3)on2)c(C(F)(F)F)c1. The molecular formula is C30H27F5N6O5. The summed E-state index contributed by atoms with van der Waals surface area (Å²) in [4.78, 5) is 21.9. The van der Waals surface area contributed by atoms with Crippen molar-refractivity contribution in [1.82, 2.24) is 30.2 Å². The molecular weight excluding hydrogens is 619 g/mol. The van der Waals surface area contributed by atoms with Crippen LogP contribution in [0.25, 0.3) is 34.0 Å². The number of aromatic nitrogens is 5. The number of nitrogens with one attached hydrogen (secondary N) is 1. The quantitative estimate of drug-likeness (QED) is 0.135. The smallest absolute Gasteiger partial charge is 0.417 e. The molecule has 3 aromatic rings. The van der Waals surface area contributed by atoms with Crippen molar-refractivity contribution in [2.24, 2.45) is 0 Å². The van der Waals surface area contributed by atoms with E-state index in [1.807, 2.05) is 6.92 Å². The van der Waals surface area contributed by atoms with Gasteiger partial charge in [-0.3, -0.25) is 9.48 Å². The van der Waals surface area contributed by atoms with Crippen molar-refractivity contribution in [3.63, 3.8) is 0 Å². The number of alkyl halides is 3. The summed E-state index contributed by atoms with van der Waals surface area (Å²) in [5.41, 5.74) is -1.36. The summed E-state index contributed by atoms with van der Waals surface area (Å²) in [7, 11) is 0. The first-order chi connectivity index (χ1) is 22.1. The van der Waals surface area contributed by atoms with Gasteiger partial charge in [0.1, 0.15) is 22.8 Å². The summed E-state index contributed by atoms with van der Waals surface area (Å²) in [5.74, 6) is -3.18. The second-order valence-corrected chi connectivity index (χ2v) is 9.87. The van der Waals surface area contributed by atoms with E-state index in [1.165, 1.54) is 42.7 Å². The van der Waals surface area contributed by atoms with Crippen molar-refractivity contribution >= 4 is 5.91 Å². The van der Waals surface area contributed by atoms with Crippen LogP contribution in [0.5, 0.6) is 5.75 Å². The molecule has 5 rings (SSSR count). The number of amides is 1. The van der Waals surface area contributed by atoms with Crippen molar-refractivity contribution in [2.75, 3.05) is 33.0 Å². The third-order valence-corrected chi connectivity index (χ3v) is 6.61. The van der Waals surface area contributed by atoms with E-state index in [0.29, 0.717) is 6.42 Å². The molecule has 1 aromatic heterocycles. The van der Waals surface area contributed by atoms with Gasteiger partial charge >= 0.3 is 6.18 Å². The number of fused-ring (bicyclic) bond motifs is 1. The van der Waals surface area contributed by atoms with E-state index in [9.17, 15) is 26.7 Å². The molecule has 0 aliphatic carbocycles. The number of rotatable bonds is 13. The fourth-order valence-electron chi connectivity index (χ4n) is 4.50. The summed E-state index contributed by atoms with van der Waals surface area (Å²) >= 11 is 0. The maximum Gasteiger partial charge on any atom is 0.417 e. The number of carbonyl (C=O) groups excluding carboxylic acids is 1. The van der Waals surface area contributed by atoms with Crippen molar-refractivity contribution in [3.05, 3.63) is 77.8 Å². The molecule has 1 atom stereocenters. The zero-order chi connectivity index (χ0) is 32.8. The molecule has 0 saturated heterocycles. The molecule has 46 heavy (non-hydrogen) atoms. The number of hydrogen-bond acceptors (Lipinski definition) is 9. The van der Waals surface area contributed by atoms with Crippen LogP contribution < -0.4 is 10.1 Å². The Morgan fingerprint density at radius 2 is 1.85 bits per heavy atom. The Morgan fingerprint density at radius 3 is 2.61 bits per heavy atom. The Bertz CT molecular complexity index is 1780. The highest BCUT2D eigenvalue weighted by molar-refractivity contribution is 5.83. The van der Waals surface area contributed by atoms with E-state index in [4.69, 9.17) is 19.1 Å². The molecule has 0 spiro atoms. The highest BCUT2D eigenvalue weighted by Gasteiger charge is 2.36. The molecule has 3 heterocycles.